The zero-order valence-corrected chi connectivity index (χ0v) is 11.0. The Morgan fingerprint density at radius 2 is 2.11 bits per heavy atom. The van der Waals surface area contributed by atoms with E-state index >= 15 is 0 Å². The Kier molecular flexibility index (Phi) is 4.67. The Morgan fingerprint density at radius 3 is 2.67 bits per heavy atom. The maximum Gasteiger partial charge on any atom is 0.256 e. The predicted octanol–water partition coefficient (Wildman–Crippen LogP) is 2.59. The number of carbonyl (C=O) groups is 1. The summed E-state index contributed by atoms with van der Waals surface area (Å²) < 4.78 is 23.4. The van der Waals surface area contributed by atoms with Crippen molar-refractivity contribution in [3.8, 4) is 5.75 Å². The normalized spacial score (nSPS) is 11.2. The van der Waals surface area contributed by atoms with Gasteiger partial charge in [0, 0.05) is 13.2 Å². The van der Waals surface area contributed by atoms with Crippen molar-refractivity contribution in [1.82, 2.24) is 0 Å². The van der Waals surface area contributed by atoms with Gasteiger partial charge in [-0.3, -0.25) is 4.79 Å². The van der Waals surface area contributed by atoms with Crippen LogP contribution in [0, 0.1) is 5.82 Å². The van der Waals surface area contributed by atoms with Crippen LogP contribution >= 0.6 is 0 Å². The molecule has 0 spiro atoms. The lowest BCUT2D eigenvalue weighted by Crippen LogP contribution is -2.38. The smallest absolute Gasteiger partial charge is 0.256 e. The van der Waals surface area contributed by atoms with Crippen LogP contribution in [0.5, 0.6) is 5.75 Å². The first-order valence-electron chi connectivity index (χ1n) is 5.69. The van der Waals surface area contributed by atoms with Crippen molar-refractivity contribution in [2.75, 3.05) is 19.0 Å². The number of nitrogens with one attached hydrogen (secondary N) is 1. The molecule has 1 N–H and O–H groups in total. The zero-order chi connectivity index (χ0) is 13.8. The van der Waals surface area contributed by atoms with E-state index in [0.29, 0.717) is 18.0 Å². The molecule has 5 heteroatoms. The van der Waals surface area contributed by atoms with E-state index in [1.807, 2.05) is 0 Å². The highest BCUT2D eigenvalue weighted by molar-refractivity contribution is 5.97. The van der Waals surface area contributed by atoms with Crippen molar-refractivity contribution < 1.29 is 18.7 Å². The van der Waals surface area contributed by atoms with Crippen LogP contribution in [0.1, 0.15) is 20.8 Å². The zero-order valence-electron chi connectivity index (χ0n) is 11.0. The molecule has 0 aromatic heterocycles. The number of amides is 1. The summed E-state index contributed by atoms with van der Waals surface area (Å²) in [7, 11) is 1.45. The second-order valence-corrected chi connectivity index (χ2v) is 4.24. The van der Waals surface area contributed by atoms with Crippen LogP contribution in [0.3, 0.4) is 0 Å². The molecule has 4 nitrogen and oxygen atoms in total. The molecule has 0 fully saturated rings. The fourth-order valence-electron chi connectivity index (χ4n) is 1.24. The van der Waals surface area contributed by atoms with Crippen LogP contribution in [0.4, 0.5) is 10.1 Å². The molecule has 0 heterocycles. The Hall–Kier alpha value is -1.62. The Balaban J connectivity index is 2.93. The fraction of sp³-hybridized carbons (Fsp3) is 0.462. The van der Waals surface area contributed by atoms with Crippen molar-refractivity contribution in [3.63, 3.8) is 0 Å². The maximum absolute atomic E-state index is 13.1. The molecule has 1 amide bonds. The van der Waals surface area contributed by atoms with Gasteiger partial charge in [-0.25, -0.2) is 4.39 Å². The first kappa shape index (κ1) is 14.4. The Morgan fingerprint density at radius 1 is 1.44 bits per heavy atom. The standard InChI is InChI=1S/C13H18FNO3/c1-5-18-11-8-9(14)6-7-10(11)15-12(16)13(2,3)17-4/h6-8H,5H2,1-4H3,(H,15,16). The van der Waals surface area contributed by atoms with E-state index in [1.54, 1.807) is 20.8 Å². The molecule has 0 aliphatic rings. The first-order chi connectivity index (χ1) is 8.40. The molecule has 1 aromatic rings. The molecule has 0 unspecified atom stereocenters. The average Bonchev–Trinajstić information content (AvgIpc) is 2.32. The highest BCUT2D eigenvalue weighted by Crippen LogP contribution is 2.26. The number of ether oxygens (including phenoxy) is 2. The summed E-state index contributed by atoms with van der Waals surface area (Å²) in [5.74, 6) is -0.433. The van der Waals surface area contributed by atoms with E-state index in [9.17, 15) is 9.18 Å². The van der Waals surface area contributed by atoms with Gasteiger partial charge in [-0.15, -0.1) is 0 Å². The topological polar surface area (TPSA) is 47.6 Å². The number of halogens is 1. The molecule has 18 heavy (non-hydrogen) atoms. The van der Waals surface area contributed by atoms with Crippen molar-refractivity contribution in [2.24, 2.45) is 0 Å². The lowest BCUT2D eigenvalue weighted by atomic mass is 10.1. The summed E-state index contributed by atoms with van der Waals surface area (Å²) >= 11 is 0. The van der Waals surface area contributed by atoms with E-state index < -0.39 is 11.4 Å². The minimum absolute atomic E-state index is 0.303. The van der Waals surface area contributed by atoms with Crippen molar-refractivity contribution in [2.45, 2.75) is 26.4 Å². The molecular weight excluding hydrogens is 237 g/mol. The van der Waals surface area contributed by atoms with E-state index in [4.69, 9.17) is 9.47 Å². The Bertz CT molecular complexity index is 432. The molecule has 1 rings (SSSR count). The maximum atomic E-state index is 13.1. The number of benzene rings is 1. The van der Waals surface area contributed by atoms with Crippen LogP contribution in [0.25, 0.3) is 0 Å². The molecule has 0 bridgehead atoms. The van der Waals surface area contributed by atoms with Gasteiger partial charge >= 0.3 is 0 Å². The molecule has 0 saturated carbocycles. The second-order valence-electron chi connectivity index (χ2n) is 4.24. The summed E-state index contributed by atoms with van der Waals surface area (Å²) in [5, 5.41) is 2.66. The third-order valence-electron chi connectivity index (χ3n) is 2.55. The molecule has 0 atom stereocenters. The van der Waals surface area contributed by atoms with Crippen LogP contribution < -0.4 is 10.1 Å². The second kappa shape index (κ2) is 5.82. The van der Waals surface area contributed by atoms with Crippen LogP contribution in [-0.2, 0) is 9.53 Å². The third-order valence-corrected chi connectivity index (χ3v) is 2.55. The van der Waals surface area contributed by atoms with Crippen molar-refractivity contribution in [1.29, 1.82) is 0 Å². The summed E-state index contributed by atoms with van der Waals surface area (Å²) in [6.07, 6.45) is 0. The van der Waals surface area contributed by atoms with Gasteiger partial charge in [0.1, 0.15) is 17.2 Å². The average molecular weight is 255 g/mol. The summed E-state index contributed by atoms with van der Waals surface area (Å²) in [4.78, 5) is 11.9. The van der Waals surface area contributed by atoms with Gasteiger partial charge in [0.15, 0.2) is 0 Å². The first-order valence-corrected chi connectivity index (χ1v) is 5.69. The predicted molar refractivity (Wildman–Crippen MR) is 67.3 cm³/mol. The quantitative estimate of drug-likeness (QED) is 0.879. The number of hydrogen-bond acceptors (Lipinski definition) is 3. The number of hydrogen-bond donors (Lipinski definition) is 1. The van der Waals surface area contributed by atoms with Crippen LogP contribution in [0.15, 0.2) is 18.2 Å². The minimum Gasteiger partial charge on any atom is -0.492 e. The number of carbonyl (C=O) groups excluding carboxylic acids is 1. The van der Waals surface area contributed by atoms with Gasteiger partial charge in [-0.1, -0.05) is 0 Å². The van der Waals surface area contributed by atoms with Gasteiger partial charge < -0.3 is 14.8 Å². The molecule has 0 aliphatic heterocycles. The number of anilines is 1. The highest BCUT2D eigenvalue weighted by Gasteiger charge is 2.27. The largest absolute Gasteiger partial charge is 0.492 e. The summed E-state index contributed by atoms with van der Waals surface area (Å²) in [5.41, 5.74) is -0.536. The van der Waals surface area contributed by atoms with Gasteiger partial charge in [0.05, 0.1) is 12.3 Å². The van der Waals surface area contributed by atoms with Crippen molar-refractivity contribution in [3.05, 3.63) is 24.0 Å². The fourth-order valence-corrected chi connectivity index (χ4v) is 1.24. The SMILES string of the molecule is CCOc1cc(F)ccc1NC(=O)C(C)(C)OC. The molecule has 100 valence electrons. The molecular formula is C13H18FNO3. The monoisotopic (exact) mass is 255 g/mol. The van der Waals surface area contributed by atoms with E-state index in [-0.39, 0.29) is 5.91 Å². The molecule has 0 saturated heterocycles. The van der Waals surface area contributed by atoms with Gasteiger partial charge in [-0.2, -0.15) is 0 Å². The lowest BCUT2D eigenvalue weighted by Gasteiger charge is -2.22. The lowest BCUT2D eigenvalue weighted by molar-refractivity contribution is -0.133. The van der Waals surface area contributed by atoms with Crippen molar-refractivity contribution >= 4 is 11.6 Å². The summed E-state index contributed by atoms with van der Waals surface area (Å²) in [6, 6.07) is 3.96. The van der Waals surface area contributed by atoms with Crippen LogP contribution in [-0.4, -0.2) is 25.2 Å². The van der Waals surface area contributed by atoms with Gasteiger partial charge in [0.2, 0.25) is 0 Å². The van der Waals surface area contributed by atoms with Gasteiger partial charge in [0.25, 0.3) is 5.91 Å². The third kappa shape index (κ3) is 3.43. The van der Waals surface area contributed by atoms with E-state index in [2.05, 4.69) is 5.32 Å². The van der Waals surface area contributed by atoms with Crippen LogP contribution in [0.2, 0.25) is 0 Å². The van der Waals surface area contributed by atoms with E-state index in [0.717, 1.165) is 0 Å². The number of methoxy groups -OCH3 is 1. The number of rotatable bonds is 5. The van der Waals surface area contributed by atoms with E-state index in [1.165, 1.54) is 25.3 Å². The Labute approximate surface area is 106 Å². The molecule has 0 aliphatic carbocycles. The summed E-state index contributed by atoms with van der Waals surface area (Å²) in [6.45, 7) is 5.47. The molecule has 1 aromatic carbocycles. The molecule has 0 radical (unpaired) electrons. The highest BCUT2D eigenvalue weighted by atomic mass is 19.1. The van der Waals surface area contributed by atoms with Gasteiger partial charge in [-0.05, 0) is 32.9 Å². The minimum atomic E-state index is -0.960.